The standard InChI is InChI=1S/C28H26N2O4/c1-4-17-33-20-12-9-19(10-13-20)24-23-25(31)22-14-11-18-7-5-6-8-21(18)26(22)34-27(23)28(32)30(24)16-15-29(2)3/h4-14,24H,1,15-17H2,2-3H3. The van der Waals surface area contributed by atoms with E-state index >= 15 is 0 Å². The molecule has 1 aliphatic heterocycles. The van der Waals surface area contributed by atoms with Gasteiger partial charge < -0.3 is 19.0 Å². The largest absolute Gasteiger partial charge is 0.490 e. The topological polar surface area (TPSA) is 63.0 Å². The van der Waals surface area contributed by atoms with Crippen LogP contribution in [0.3, 0.4) is 0 Å². The maximum atomic E-state index is 13.8. The minimum Gasteiger partial charge on any atom is -0.490 e. The van der Waals surface area contributed by atoms with Crippen molar-refractivity contribution in [2.75, 3.05) is 33.8 Å². The van der Waals surface area contributed by atoms with Gasteiger partial charge in [0.25, 0.3) is 5.91 Å². The molecule has 0 saturated carbocycles. The molecule has 34 heavy (non-hydrogen) atoms. The fourth-order valence-corrected chi connectivity index (χ4v) is 4.53. The fourth-order valence-electron chi connectivity index (χ4n) is 4.53. The minimum atomic E-state index is -0.525. The van der Waals surface area contributed by atoms with Gasteiger partial charge >= 0.3 is 0 Å². The summed E-state index contributed by atoms with van der Waals surface area (Å²) in [6.45, 7) is 5.20. The van der Waals surface area contributed by atoms with Crippen LogP contribution < -0.4 is 10.2 Å². The first-order valence-electron chi connectivity index (χ1n) is 11.3. The number of benzene rings is 3. The molecule has 0 aliphatic carbocycles. The highest BCUT2D eigenvalue weighted by Crippen LogP contribution is 2.39. The Morgan fingerprint density at radius 2 is 1.79 bits per heavy atom. The Bertz CT molecular complexity index is 1450. The molecule has 1 atom stereocenters. The van der Waals surface area contributed by atoms with Crippen molar-refractivity contribution >= 4 is 27.6 Å². The first-order chi connectivity index (χ1) is 16.5. The second-order valence-electron chi connectivity index (χ2n) is 8.71. The third-order valence-corrected chi connectivity index (χ3v) is 6.21. The summed E-state index contributed by atoms with van der Waals surface area (Å²) < 4.78 is 11.8. The molecule has 5 rings (SSSR count). The van der Waals surface area contributed by atoms with Gasteiger partial charge in [-0.3, -0.25) is 9.59 Å². The molecule has 1 amide bonds. The van der Waals surface area contributed by atoms with Gasteiger partial charge in [-0.2, -0.15) is 0 Å². The maximum absolute atomic E-state index is 13.8. The Morgan fingerprint density at radius 3 is 2.53 bits per heavy atom. The second kappa shape index (κ2) is 8.80. The van der Waals surface area contributed by atoms with Gasteiger partial charge in [-0.25, -0.2) is 0 Å². The predicted octanol–water partition coefficient (Wildman–Crippen LogP) is 4.62. The third-order valence-electron chi connectivity index (χ3n) is 6.21. The van der Waals surface area contributed by atoms with Gasteiger partial charge in [-0.15, -0.1) is 0 Å². The third kappa shape index (κ3) is 3.66. The van der Waals surface area contributed by atoms with E-state index in [-0.39, 0.29) is 17.1 Å². The van der Waals surface area contributed by atoms with Crippen LogP contribution in [-0.2, 0) is 0 Å². The van der Waals surface area contributed by atoms with Gasteiger partial charge in [0.1, 0.15) is 17.9 Å². The minimum absolute atomic E-state index is 0.129. The molecule has 6 heteroatoms. The lowest BCUT2D eigenvalue weighted by Gasteiger charge is -2.26. The molecule has 0 saturated heterocycles. The van der Waals surface area contributed by atoms with Crippen molar-refractivity contribution in [1.82, 2.24) is 9.80 Å². The number of amides is 1. The van der Waals surface area contributed by atoms with E-state index in [0.717, 1.165) is 16.3 Å². The summed E-state index contributed by atoms with van der Waals surface area (Å²) in [6, 6.07) is 18.4. The summed E-state index contributed by atoms with van der Waals surface area (Å²) in [5, 5.41) is 2.26. The molecule has 2 heterocycles. The zero-order valence-corrected chi connectivity index (χ0v) is 19.3. The summed E-state index contributed by atoms with van der Waals surface area (Å²) >= 11 is 0. The molecule has 172 valence electrons. The van der Waals surface area contributed by atoms with E-state index in [9.17, 15) is 9.59 Å². The Hall–Kier alpha value is -3.90. The average Bonchev–Trinajstić information content (AvgIpc) is 3.13. The van der Waals surface area contributed by atoms with E-state index in [2.05, 4.69) is 6.58 Å². The van der Waals surface area contributed by atoms with Crippen LogP contribution >= 0.6 is 0 Å². The van der Waals surface area contributed by atoms with Crippen molar-refractivity contribution in [1.29, 1.82) is 0 Å². The highest BCUT2D eigenvalue weighted by molar-refractivity contribution is 6.06. The van der Waals surface area contributed by atoms with Gasteiger partial charge in [0, 0.05) is 18.5 Å². The quantitative estimate of drug-likeness (QED) is 0.301. The van der Waals surface area contributed by atoms with Gasteiger partial charge in [-0.1, -0.05) is 55.1 Å². The number of fused-ring (bicyclic) bond motifs is 4. The number of carbonyl (C=O) groups excluding carboxylic acids is 1. The SMILES string of the molecule is C=CCOc1ccc(C2c3c(oc4c(ccc5ccccc54)c3=O)C(=O)N2CCN(C)C)cc1. The molecule has 0 fully saturated rings. The maximum Gasteiger partial charge on any atom is 0.290 e. The molecular formula is C28H26N2O4. The molecular weight excluding hydrogens is 428 g/mol. The van der Waals surface area contributed by atoms with Crippen molar-refractivity contribution < 1.29 is 13.9 Å². The van der Waals surface area contributed by atoms with Crippen LogP contribution in [-0.4, -0.2) is 49.5 Å². The van der Waals surface area contributed by atoms with E-state index in [1.54, 1.807) is 17.0 Å². The molecule has 0 radical (unpaired) electrons. The van der Waals surface area contributed by atoms with E-state index < -0.39 is 6.04 Å². The van der Waals surface area contributed by atoms with Crippen LogP contribution in [0, 0.1) is 0 Å². The Balaban J connectivity index is 1.69. The van der Waals surface area contributed by atoms with Crippen molar-refractivity contribution in [2.24, 2.45) is 0 Å². The van der Waals surface area contributed by atoms with Crippen LogP contribution in [0.15, 0.2) is 82.5 Å². The molecule has 1 unspecified atom stereocenters. The molecule has 0 spiro atoms. The van der Waals surface area contributed by atoms with Gasteiger partial charge in [0.15, 0.2) is 5.43 Å². The normalized spacial score (nSPS) is 15.3. The molecule has 1 aromatic heterocycles. The summed E-state index contributed by atoms with van der Waals surface area (Å²) in [4.78, 5) is 31.1. The number of hydrogen-bond donors (Lipinski definition) is 0. The van der Waals surface area contributed by atoms with E-state index in [1.807, 2.05) is 73.6 Å². The van der Waals surface area contributed by atoms with Crippen molar-refractivity contribution in [3.05, 3.63) is 100 Å². The van der Waals surface area contributed by atoms with E-state index in [1.165, 1.54) is 0 Å². The van der Waals surface area contributed by atoms with Gasteiger partial charge in [0.2, 0.25) is 5.76 Å². The van der Waals surface area contributed by atoms with E-state index in [4.69, 9.17) is 9.15 Å². The number of likely N-dealkylation sites (N-methyl/N-ethyl adjacent to an activating group) is 1. The van der Waals surface area contributed by atoms with Crippen molar-refractivity contribution in [3.63, 3.8) is 0 Å². The molecule has 6 nitrogen and oxygen atoms in total. The monoisotopic (exact) mass is 454 g/mol. The number of hydrogen-bond acceptors (Lipinski definition) is 5. The summed E-state index contributed by atoms with van der Waals surface area (Å²) in [5.74, 6) is 0.565. The van der Waals surface area contributed by atoms with Gasteiger partial charge in [-0.05, 0) is 43.2 Å². The number of nitrogens with zero attached hydrogens (tertiary/aromatic N) is 2. The highest BCUT2D eigenvalue weighted by atomic mass is 16.5. The van der Waals surface area contributed by atoms with Crippen LogP contribution in [0.1, 0.15) is 27.7 Å². The Morgan fingerprint density at radius 1 is 1.03 bits per heavy atom. The number of rotatable bonds is 7. The zero-order valence-electron chi connectivity index (χ0n) is 19.3. The van der Waals surface area contributed by atoms with Crippen LogP contribution in [0.25, 0.3) is 21.7 Å². The molecule has 0 N–H and O–H groups in total. The molecule has 1 aliphatic rings. The smallest absolute Gasteiger partial charge is 0.290 e. The molecule has 4 aromatic rings. The van der Waals surface area contributed by atoms with E-state index in [0.29, 0.717) is 42.0 Å². The van der Waals surface area contributed by atoms with Crippen LogP contribution in [0.5, 0.6) is 5.75 Å². The first-order valence-corrected chi connectivity index (χ1v) is 11.3. The highest BCUT2D eigenvalue weighted by Gasteiger charge is 2.42. The van der Waals surface area contributed by atoms with Crippen molar-refractivity contribution in [3.8, 4) is 5.75 Å². The lowest BCUT2D eigenvalue weighted by molar-refractivity contribution is 0.0716. The van der Waals surface area contributed by atoms with Crippen LogP contribution in [0.2, 0.25) is 0 Å². The fraction of sp³-hybridized carbons (Fsp3) is 0.214. The summed E-state index contributed by atoms with van der Waals surface area (Å²) in [6.07, 6.45) is 1.68. The van der Waals surface area contributed by atoms with Crippen LogP contribution in [0.4, 0.5) is 0 Å². The number of ether oxygens (including phenoxy) is 1. The lowest BCUT2D eigenvalue weighted by atomic mass is 9.97. The Labute approximate surface area is 197 Å². The average molecular weight is 455 g/mol. The predicted molar refractivity (Wildman–Crippen MR) is 134 cm³/mol. The summed E-state index contributed by atoms with van der Waals surface area (Å²) in [5.41, 5.74) is 1.52. The lowest BCUT2D eigenvalue weighted by Crippen LogP contribution is -2.35. The number of carbonyl (C=O) groups is 1. The Kier molecular flexibility index (Phi) is 5.67. The summed E-state index contributed by atoms with van der Waals surface area (Å²) in [7, 11) is 3.91. The first kappa shape index (κ1) is 21.9. The molecule has 3 aromatic carbocycles. The molecule has 0 bridgehead atoms. The van der Waals surface area contributed by atoms with Gasteiger partial charge in [0.05, 0.1) is 17.0 Å². The second-order valence-corrected chi connectivity index (χ2v) is 8.71. The van der Waals surface area contributed by atoms with Crippen molar-refractivity contribution in [2.45, 2.75) is 6.04 Å². The zero-order chi connectivity index (χ0) is 23.8.